The third-order valence-electron chi connectivity index (χ3n) is 2.46. The standard InChI is InChI=1S/C12H17N3/c1-2-13-7-8-14-12-9-15-11-6-4-3-5-10(11)12/h3-6,9,13-15H,2,7-8H2,1H3. The van der Waals surface area contributed by atoms with Crippen LogP contribution in [0.25, 0.3) is 10.9 Å². The van der Waals surface area contributed by atoms with Crippen LogP contribution in [0.2, 0.25) is 0 Å². The van der Waals surface area contributed by atoms with Crippen LogP contribution in [-0.2, 0) is 0 Å². The van der Waals surface area contributed by atoms with E-state index in [0.717, 1.165) is 19.6 Å². The third kappa shape index (κ3) is 2.30. The van der Waals surface area contributed by atoms with Crippen LogP contribution in [0.5, 0.6) is 0 Å². The highest BCUT2D eigenvalue weighted by molar-refractivity contribution is 5.92. The monoisotopic (exact) mass is 203 g/mol. The molecule has 0 amide bonds. The van der Waals surface area contributed by atoms with Gasteiger partial charge in [-0.2, -0.15) is 0 Å². The SMILES string of the molecule is CCNCCNc1c[nH]c2ccccc12. The summed E-state index contributed by atoms with van der Waals surface area (Å²) in [5.74, 6) is 0. The van der Waals surface area contributed by atoms with E-state index < -0.39 is 0 Å². The second kappa shape index (κ2) is 4.84. The summed E-state index contributed by atoms with van der Waals surface area (Å²) in [5.41, 5.74) is 2.37. The predicted octanol–water partition coefficient (Wildman–Crippen LogP) is 2.19. The van der Waals surface area contributed by atoms with E-state index >= 15 is 0 Å². The number of hydrogen-bond acceptors (Lipinski definition) is 2. The lowest BCUT2D eigenvalue weighted by molar-refractivity contribution is 0.739. The Labute approximate surface area is 89.9 Å². The molecule has 80 valence electrons. The van der Waals surface area contributed by atoms with Crippen LogP contribution >= 0.6 is 0 Å². The number of aromatic nitrogens is 1. The maximum Gasteiger partial charge on any atom is 0.0598 e. The van der Waals surface area contributed by atoms with Crippen LogP contribution in [0.15, 0.2) is 30.5 Å². The van der Waals surface area contributed by atoms with E-state index in [1.54, 1.807) is 0 Å². The minimum atomic E-state index is 0.954. The summed E-state index contributed by atoms with van der Waals surface area (Å²) < 4.78 is 0. The van der Waals surface area contributed by atoms with E-state index in [-0.39, 0.29) is 0 Å². The molecule has 2 aromatic rings. The lowest BCUT2D eigenvalue weighted by Crippen LogP contribution is -2.21. The van der Waals surface area contributed by atoms with E-state index in [9.17, 15) is 0 Å². The molecule has 1 aromatic carbocycles. The molecule has 1 aromatic heterocycles. The molecule has 0 aliphatic rings. The molecule has 0 unspecified atom stereocenters. The molecule has 15 heavy (non-hydrogen) atoms. The average molecular weight is 203 g/mol. The third-order valence-corrected chi connectivity index (χ3v) is 2.46. The van der Waals surface area contributed by atoms with E-state index in [1.165, 1.54) is 16.6 Å². The van der Waals surface area contributed by atoms with E-state index in [0.29, 0.717) is 0 Å². The van der Waals surface area contributed by atoms with Gasteiger partial charge in [-0.1, -0.05) is 25.1 Å². The smallest absolute Gasteiger partial charge is 0.0598 e. The van der Waals surface area contributed by atoms with Crippen molar-refractivity contribution in [3.63, 3.8) is 0 Å². The van der Waals surface area contributed by atoms with Gasteiger partial charge in [0.05, 0.1) is 5.69 Å². The summed E-state index contributed by atoms with van der Waals surface area (Å²) in [7, 11) is 0. The molecule has 0 saturated carbocycles. The van der Waals surface area contributed by atoms with Crippen molar-refractivity contribution in [2.45, 2.75) is 6.92 Å². The van der Waals surface area contributed by atoms with E-state index in [4.69, 9.17) is 0 Å². The lowest BCUT2D eigenvalue weighted by atomic mass is 10.2. The van der Waals surface area contributed by atoms with Crippen molar-refractivity contribution in [3.8, 4) is 0 Å². The molecular formula is C12H17N3. The van der Waals surface area contributed by atoms with Gasteiger partial charge in [0.15, 0.2) is 0 Å². The van der Waals surface area contributed by atoms with Crippen LogP contribution in [-0.4, -0.2) is 24.6 Å². The summed E-state index contributed by atoms with van der Waals surface area (Å²) in [6, 6.07) is 8.32. The van der Waals surface area contributed by atoms with Crippen LogP contribution in [0.1, 0.15) is 6.92 Å². The van der Waals surface area contributed by atoms with Gasteiger partial charge >= 0.3 is 0 Å². The van der Waals surface area contributed by atoms with Gasteiger partial charge in [0.25, 0.3) is 0 Å². The summed E-state index contributed by atoms with van der Waals surface area (Å²) >= 11 is 0. The van der Waals surface area contributed by atoms with Gasteiger partial charge in [-0.15, -0.1) is 0 Å². The Bertz CT molecular complexity index is 419. The molecular weight excluding hydrogens is 186 g/mol. The molecule has 0 bridgehead atoms. The minimum Gasteiger partial charge on any atom is -0.382 e. The molecule has 0 aliphatic heterocycles. The number of rotatable bonds is 5. The fourth-order valence-electron chi connectivity index (χ4n) is 1.68. The number of anilines is 1. The van der Waals surface area contributed by atoms with Crippen molar-refractivity contribution >= 4 is 16.6 Å². The van der Waals surface area contributed by atoms with Gasteiger partial charge in [-0.25, -0.2) is 0 Å². The fraction of sp³-hybridized carbons (Fsp3) is 0.333. The second-order valence-corrected chi connectivity index (χ2v) is 3.53. The topological polar surface area (TPSA) is 39.8 Å². The van der Waals surface area contributed by atoms with Crippen molar-refractivity contribution in [2.24, 2.45) is 0 Å². The van der Waals surface area contributed by atoms with Gasteiger partial charge in [0.1, 0.15) is 0 Å². The summed E-state index contributed by atoms with van der Waals surface area (Å²) in [5, 5.41) is 7.95. The molecule has 0 aliphatic carbocycles. The largest absolute Gasteiger partial charge is 0.382 e. The van der Waals surface area contributed by atoms with Crippen molar-refractivity contribution in [1.82, 2.24) is 10.3 Å². The van der Waals surface area contributed by atoms with Gasteiger partial charge in [0.2, 0.25) is 0 Å². The number of likely N-dealkylation sites (N-methyl/N-ethyl adjacent to an activating group) is 1. The van der Waals surface area contributed by atoms with Gasteiger partial charge in [-0.05, 0) is 12.6 Å². The van der Waals surface area contributed by atoms with Gasteiger partial charge in [-0.3, -0.25) is 0 Å². The molecule has 2 rings (SSSR count). The van der Waals surface area contributed by atoms with Crippen LogP contribution in [0, 0.1) is 0 Å². The number of benzene rings is 1. The summed E-state index contributed by atoms with van der Waals surface area (Å²) in [4.78, 5) is 3.25. The highest BCUT2D eigenvalue weighted by Gasteiger charge is 2.00. The normalized spacial score (nSPS) is 10.7. The zero-order valence-electron chi connectivity index (χ0n) is 9.01. The zero-order valence-corrected chi connectivity index (χ0v) is 9.01. The van der Waals surface area contributed by atoms with Crippen molar-refractivity contribution in [2.75, 3.05) is 25.0 Å². The Morgan fingerprint density at radius 2 is 2.07 bits per heavy atom. The molecule has 3 heteroatoms. The van der Waals surface area contributed by atoms with Gasteiger partial charge < -0.3 is 15.6 Å². The van der Waals surface area contributed by atoms with Crippen molar-refractivity contribution in [1.29, 1.82) is 0 Å². The van der Waals surface area contributed by atoms with E-state index in [1.807, 2.05) is 12.3 Å². The number of fused-ring (bicyclic) bond motifs is 1. The number of nitrogens with one attached hydrogen (secondary N) is 3. The highest BCUT2D eigenvalue weighted by atomic mass is 15.0. The second-order valence-electron chi connectivity index (χ2n) is 3.53. The first-order chi connectivity index (χ1) is 7.42. The Morgan fingerprint density at radius 1 is 1.20 bits per heavy atom. The number of para-hydroxylation sites is 1. The highest BCUT2D eigenvalue weighted by Crippen LogP contribution is 2.21. The molecule has 0 saturated heterocycles. The average Bonchev–Trinajstić information content (AvgIpc) is 2.68. The maximum absolute atomic E-state index is 3.41. The molecule has 3 nitrogen and oxygen atoms in total. The first-order valence-corrected chi connectivity index (χ1v) is 5.42. The number of aromatic amines is 1. The summed E-state index contributed by atoms with van der Waals surface area (Å²) in [6.07, 6.45) is 2.02. The number of H-pyrrole nitrogens is 1. The lowest BCUT2D eigenvalue weighted by Gasteiger charge is -2.04. The minimum absolute atomic E-state index is 0.954. The van der Waals surface area contributed by atoms with Crippen molar-refractivity contribution in [3.05, 3.63) is 30.5 Å². The fourth-order valence-corrected chi connectivity index (χ4v) is 1.68. The van der Waals surface area contributed by atoms with Crippen LogP contribution in [0.4, 0.5) is 5.69 Å². The predicted molar refractivity (Wildman–Crippen MR) is 65.3 cm³/mol. The first kappa shape index (κ1) is 10.1. The quantitative estimate of drug-likeness (QED) is 0.652. The van der Waals surface area contributed by atoms with Gasteiger partial charge in [0, 0.05) is 30.2 Å². The van der Waals surface area contributed by atoms with E-state index in [2.05, 4.69) is 40.7 Å². The van der Waals surface area contributed by atoms with Crippen molar-refractivity contribution < 1.29 is 0 Å². The Balaban J connectivity index is 2.02. The molecule has 0 atom stereocenters. The summed E-state index contributed by atoms with van der Waals surface area (Å²) in [6.45, 7) is 5.09. The Hall–Kier alpha value is -1.48. The zero-order chi connectivity index (χ0) is 10.5. The van der Waals surface area contributed by atoms with Crippen LogP contribution < -0.4 is 10.6 Å². The maximum atomic E-state index is 3.41. The molecule has 0 radical (unpaired) electrons. The Kier molecular flexibility index (Phi) is 3.25. The first-order valence-electron chi connectivity index (χ1n) is 5.42. The molecule has 0 fully saturated rings. The number of hydrogen-bond donors (Lipinski definition) is 3. The molecule has 3 N–H and O–H groups in total. The Morgan fingerprint density at radius 3 is 2.93 bits per heavy atom. The van der Waals surface area contributed by atoms with Crippen LogP contribution in [0.3, 0.4) is 0 Å². The molecule has 0 spiro atoms. The molecule has 1 heterocycles.